The summed E-state index contributed by atoms with van der Waals surface area (Å²) in [5.74, 6) is 0.0906. The summed E-state index contributed by atoms with van der Waals surface area (Å²) in [5.41, 5.74) is 12.9. The van der Waals surface area contributed by atoms with Crippen LogP contribution in [0.4, 0.5) is 5.82 Å². The maximum absolute atomic E-state index is 12.0. The number of amides is 2. The van der Waals surface area contributed by atoms with E-state index in [1.165, 1.54) is 7.11 Å². The molecule has 0 bridgehead atoms. The third-order valence-corrected chi connectivity index (χ3v) is 5.15. The topological polar surface area (TPSA) is 140 Å². The minimum atomic E-state index is -0.942. The average Bonchev–Trinajstić information content (AvgIpc) is 3.35. The molecular weight excluding hydrogens is 372 g/mol. The van der Waals surface area contributed by atoms with Crippen molar-refractivity contribution >= 4 is 28.7 Å². The van der Waals surface area contributed by atoms with Gasteiger partial charge >= 0.3 is 0 Å². The van der Waals surface area contributed by atoms with Crippen molar-refractivity contribution in [3.8, 4) is 11.4 Å². The average molecular weight is 394 g/mol. The summed E-state index contributed by atoms with van der Waals surface area (Å²) in [7, 11) is 1.41. The number of H-pyrrole nitrogens is 1. The van der Waals surface area contributed by atoms with Crippen LogP contribution in [0.2, 0.25) is 0 Å². The number of methoxy groups -OCH3 is 1. The van der Waals surface area contributed by atoms with Crippen LogP contribution in [0.15, 0.2) is 36.4 Å². The molecule has 4 rings (SSSR count). The van der Waals surface area contributed by atoms with Crippen molar-refractivity contribution in [2.45, 2.75) is 25.0 Å². The Bertz CT molecular complexity index is 1060. The molecular formula is C20H22N6O3. The molecule has 2 amide bonds. The van der Waals surface area contributed by atoms with Crippen molar-refractivity contribution in [2.24, 2.45) is 11.5 Å². The molecule has 0 spiro atoms. The highest BCUT2D eigenvalue weighted by Gasteiger charge is 2.32. The molecule has 1 saturated heterocycles. The fourth-order valence-electron chi connectivity index (χ4n) is 3.80. The molecule has 0 saturated carbocycles. The first-order valence-corrected chi connectivity index (χ1v) is 9.33. The molecule has 1 unspecified atom stereocenters. The highest BCUT2D eigenvalue weighted by atomic mass is 16.5. The van der Waals surface area contributed by atoms with Crippen molar-refractivity contribution in [1.29, 1.82) is 0 Å². The molecule has 29 heavy (non-hydrogen) atoms. The molecule has 9 heteroatoms. The first kappa shape index (κ1) is 18.9. The van der Waals surface area contributed by atoms with E-state index < -0.39 is 24.0 Å². The van der Waals surface area contributed by atoms with Crippen molar-refractivity contribution < 1.29 is 14.3 Å². The number of carbonyl (C=O) groups is 2. The molecule has 3 heterocycles. The number of benzene rings is 1. The zero-order valence-electron chi connectivity index (χ0n) is 16.0. The van der Waals surface area contributed by atoms with E-state index >= 15 is 0 Å². The van der Waals surface area contributed by atoms with Crippen LogP contribution in [0.3, 0.4) is 0 Å². The summed E-state index contributed by atoms with van der Waals surface area (Å²) < 4.78 is 5.23. The minimum absolute atomic E-state index is 0.391. The van der Waals surface area contributed by atoms with Crippen LogP contribution >= 0.6 is 0 Å². The summed E-state index contributed by atoms with van der Waals surface area (Å²) in [6, 6.07) is 10.8. The molecule has 2 atom stereocenters. The van der Waals surface area contributed by atoms with Gasteiger partial charge in [-0.05, 0) is 18.9 Å². The van der Waals surface area contributed by atoms with E-state index in [-0.39, 0.29) is 0 Å². The van der Waals surface area contributed by atoms with E-state index in [0.717, 1.165) is 12.0 Å². The zero-order chi connectivity index (χ0) is 20.5. The van der Waals surface area contributed by atoms with E-state index in [9.17, 15) is 9.59 Å². The molecule has 3 aromatic rings. The molecule has 5 N–H and O–H groups in total. The van der Waals surface area contributed by atoms with Crippen LogP contribution in [-0.4, -0.2) is 46.5 Å². The summed E-state index contributed by atoms with van der Waals surface area (Å²) >= 11 is 0. The monoisotopic (exact) mass is 394 g/mol. The first-order chi connectivity index (χ1) is 14.0. The number of rotatable bonds is 6. The van der Waals surface area contributed by atoms with Gasteiger partial charge in [-0.25, -0.2) is 9.97 Å². The number of aromatic amines is 1. The first-order valence-electron chi connectivity index (χ1n) is 9.33. The van der Waals surface area contributed by atoms with Gasteiger partial charge in [0, 0.05) is 19.2 Å². The zero-order valence-corrected chi connectivity index (χ0v) is 16.0. The van der Waals surface area contributed by atoms with Crippen LogP contribution in [0, 0.1) is 0 Å². The lowest BCUT2D eigenvalue weighted by molar-refractivity contribution is -0.128. The number of carbonyl (C=O) groups excluding carboxylic acids is 2. The Kier molecular flexibility index (Phi) is 4.89. The molecule has 1 aliphatic heterocycles. The van der Waals surface area contributed by atoms with Crippen LogP contribution in [0.5, 0.6) is 0 Å². The molecule has 1 fully saturated rings. The second kappa shape index (κ2) is 7.51. The summed E-state index contributed by atoms with van der Waals surface area (Å²) in [4.78, 5) is 38.1. The van der Waals surface area contributed by atoms with Gasteiger partial charge in [-0.1, -0.05) is 30.3 Å². The van der Waals surface area contributed by atoms with E-state index in [0.29, 0.717) is 41.3 Å². The standard InChI is InChI=1S/C20H22N6O3/c1-29-15(17(22)28)13-10-12-19(23-13)24-18(11-6-3-2-4-7-11)25-20(12)26-9-5-8-14(26)16(21)27/h2-4,6-7,10,14-15H,5,8-9H2,1H3,(H2,21,27)(H2,22,28)(H,23,24,25)/t14-,15?/m0/s1. The number of ether oxygens (including phenoxy) is 1. The molecule has 9 nitrogen and oxygen atoms in total. The van der Waals surface area contributed by atoms with Crippen molar-refractivity contribution in [3.63, 3.8) is 0 Å². The number of hydrogen-bond donors (Lipinski definition) is 3. The van der Waals surface area contributed by atoms with Gasteiger partial charge in [0.25, 0.3) is 5.91 Å². The van der Waals surface area contributed by atoms with E-state index in [4.69, 9.17) is 21.2 Å². The van der Waals surface area contributed by atoms with Gasteiger partial charge in [-0.2, -0.15) is 0 Å². The Morgan fingerprint density at radius 2 is 2.00 bits per heavy atom. The maximum Gasteiger partial charge on any atom is 0.252 e. The molecule has 1 aromatic carbocycles. The fourth-order valence-corrected chi connectivity index (χ4v) is 3.80. The summed E-state index contributed by atoms with van der Waals surface area (Å²) in [5, 5.41) is 0.677. The Hall–Kier alpha value is -3.46. The van der Waals surface area contributed by atoms with E-state index in [2.05, 4.69) is 9.97 Å². The van der Waals surface area contributed by atoms with Crippen LogP contribution in [0.1, 0.15) is 24.6 Å². The Balaban J connectivity index is 1.92. The number of nitrogens with one attached hydrogen (secondary N) is 1. The Labute approximate surface area is 167 Å². The third-order valence-electron chi connectivity index (χ3n) is 5.15. The maximum atomic E-state index is 12.0. The van der Waals surface area contributed by atoms with E-state index in [1.54, 1.807) is 6.07 Å². The number of hydrogen-bond acceptors (Lipinski definition) is 6. The van der Waals surface area contributed by atoms with Gasteiger partial charge < -0.3 is 26.1 Å². The lowest BCUT2D eigenvalue weighted by atomic mass is 10.2. The minimum Gasteiger partial charge on any atom is -0.368 e. The molecule has 0 aliphatic carbocycles. The lowest BCUT2D eigenvalue weighted by Gasteiger charge is -2.24. The number of fused-ring (bicyclic) bond motifs is 1. The Morgan fingerprint density at radius 3 is 2.66 bits per heavy atom. The molecule has 1 aliphatic rings. The quantitative estimate of drug-likeness (QED) is 0.575. The van der Waals surface area contributed by atoms with Gasteiger partial charge in [-0.3, -0.25) is 9.59 Å². The van der Waals surface area contributed by atoms with Crippen molar-refractivity contribution in [1.82, 2.24) is 15.0 Å². The normalized spacial score (nSPS) is 17.6. The van der Waals surface area contributed by atoms with Gasteiger partial charge in [0.1, 0.15) is 17.5 Å². The number of nitrogens with two attached hydrogens (primary N) is 2. The predicted molar refractivity (Wildman–Crippen MR) is 108 cm³/mol. The van der Waals surface area contributed by atoms with Gasteiger partial charge in [0.05, 0.1) is 11.1 Å². The van der Waals surface area contributed by atoms with Gasteiger partial charge in [-0.15, -0.1) is 0 Å². The Morgan fingerprint density at radius 1 is 1.24 bits per heavy atom. The number of primary amides is 2. The second-order valence-electron chi connectivity index (χ2n) is 7.00. The summed E-state index contributed by atoms with van der Waals surface area (Å²) in [6.45, 7) is 0.651. The largest absolute Gasteiger partial charge is 0.368 e. The van der Waals surface area contributed by atoms with Crippen molar-refractivity contribution in [2.75, 3.05) is 18.6 Å². The molecule has 150 valence electrons. The van der Waals surface area contributed by atoms with Crippen LogP contribution in [0.25, 0.3) is 22.4 Å². The third kappa shape index (κ3) is 3.40. The highest BCUT2D eigenvalue weighted by molar-refractivity contribution is 5.94. The van der Waals surface area contributed by atoms with Crippen molar-refractivity contribution in [3.05, 3.63) is 42.1 Å². The summed E-state index contributed by atoms with van der Waals surface area (Å²) in [6.07, 6.45) is 0.558. The SMILES string of the molecule is COC(C(N)=O)c1cc2c(N3CCC[C@H]3C(N)=O)nc(-c3ccccc3)nc2[nH]1. The second-order valence-corrected chi connectivity index (χ2v) is 7.00. The predicted octanol–water partition coefficient (Wildman–Crippen LogP) is 1.25. The number of nitrogens with zero attached hydrogens (tertiary/aromatic N) is 3. The van der Waals surface area contributed by atoms with E-state index in [1.807, 2.05) is 35.2 Å². The van der Waals surface area contributed by atoms with Gasteiger partial charge in [0.15, 0.2) is 11.9 Å². The number of aromatic nitrogens is 3. The molecule has 0 radical (unpaired) electrons. The number of anilines is 1. The fraction of sp³-hybridized carbons (Fsp3) is 0.300. The smallest absolute Gasteiger partial charge is 0.252 e. The molecule has 2 aromatic heterocycles. The van der Waals surface area contributed by atoms with Crippen LogP contribution in [-0.2, 0) is 14.3 Å². The van der Waals surface area contributed by atoms with Gasteiger partial charge in [0.2, 0.25) is 5.91 Å². The van der Waals surface area contributed by atoms with Crippen LogP contribution < -0.4 is 16.4 Å². The lowest BCUT2D eigenvalue weighted by Crippen LogP contribution is -2.40. The highest BCUT2D eigenvalue weighted by Crippen LogP contribution is 2.34.